The Kier molecular flexibility index (Phi) is 4.73. The average Bonchev–Trinajstić information content (AvgIpc) is 3.02. The van der Waals surface area contributed by atoms with Gasteiger partial charge in [-0.15, -0.1) is 11.3 Å². The van der Waals surface area contributed by atoms with Crippen LogP contribution in [-0.2, 0) is 9.84 Å². The number of anilines is 1. The molecule has 7 heteroatoms. The van der Waals surface area contributed by atoms with Crippen molar-refractivity contribution in [3.63, 3.8) is 0 Å². The lowest BCUT2D eigenvalue weighted by Gasteiger charge is -2.21. The predicted molar refractivity (Wildman–Crippen MR) is 119 cm³/mol. The standard InChI is InChI=1S/C22H21N3O2S2/c26-29(27,20-8-3-6-16-5-1-2-7-17(16)20)21-15-18-19(28-21)9-11-24-22(18)25-13-4-10-23-12-14-25/h1-3,5-9,11,15,23H,4,10,12-14H2. The van der Waals surface area contributed by atoms with Gasteiger partial charge in [0.05, 0.1) is 4.90 Å². The zero-order valence-corrected chi connectivity index (χ0v) is 17.5. The van der Waals surface area contributed by atoms with Crippen LogP contribution in [0.3, 0.4) is 0 Å². The van der Waals surface area contributed by atoms with Gasteiger partial charge in [0.25, 0.3) is 0 Å². The first-order valence-corrected chi connectivity index (χ1v) is 12.0. The van der Waals surface area contributed by atoms with E-state index in [0.717, 1.165) is 59.3 Å². The Morgan fingerprint density at radius 3 is 2.76 bits per heavy atom. The molecule has 1 aliphatic rings. The summed E-state index contributed by atoms with van der Waals surface area (Å²) in [6, 6.07) is 16.8. The number of sulfone groups is 1. The van der Waals surface area contributed by atoms with E-state index in [9.17, 15) is 8.42 Å². The molecule has 5 nitrogen and oxygen atoms in total. The number of benzene rings is 2. The molecule has 0 radical (unpaired) electrons. The maximum absolute atomic E-state index is 13.5. The molecule has 5 rings (SSSR count). The largest absolute Gasteiger partial charge is 0.355 e. The van der Waals surface area contributed by atoms with E-state index in [1.807, 2.05) is 36.4 Å². The van der Waals surface area contributed by atoms with Crippen molar-refractivity contribution < 1.29 is 8.42 Å². The zero-order valence-electron chi connectivity index (χ0n) is 15.8. The second-order valence-electron chi connectivity index (χ2n) is 7.18. The maximum Gasteiger partial charge on any atom is 0.216 e. The second kappa shape index (κ2) is 7.40. The van der Waals surface area contributed by atoms with Gasteiger partial charge in [0.1, 0.15) is 10.0 Å². The van der Waals surface area contributed by atoms with Crippen LogP contribution in [0.15, 0.2) is 69.9 Å². The minimum atomic E-state index is -3.62. The number of nitrogens with zero attached hydrogens (tertiary/aromatic N) is 2. The first-order valence-electron chi connectivity index (χ1n) is 9.72. The van der Waals surface area contributed by atoms with Crippen LogP contribution in [0.5, 0.6) is 0 Å². The summed E-state index contributed by atoms with van der Waals surface area (Å²) < 4.78 is 28.4. The third-order valence-electron chi connectivity index (χ3n) is 5.35. The summed E-state index contributed by atoms with van der Waals surface area (Å²) in [5.74, 6) is 0.877. The van der Waals surface area contributed by atoms with Crippen LogP contribution in [0.1, 0.15) is 6.42 Å². The third kappa shape index (κ3) is 3.29. The lowest BCUT2D eigenvalue weighted by Crippen LogP contribution is -2.28. The predicted octanol–water partition coefficient (Wildman–Crippen LogP) is 4.08. The van der Waals surface area contributed by atoms with Gasteiger partial charge < -0.3 is 10.2 Å². The van der Waals surface area contributed by atoms with E-state index >= 15 is 0 Å². The molecule has 2 aromatic carbocycles. The van der Waals surface area contributed by atoms with Gasteiger partial charge in [0.15, 0.2) is 0 Å². The fourth-order valence-corrected chi connectivity index (χ4v) is 6.89. The van der Waals surface area contributed by atoms with E-state index in [1.165, 1.54) is 11.3 Å². The molecule has 1 N–H and O–H groups in total. The molecule has 0 unspecified atom stereocenters. The number of aromatic nitrogens is 1. The molecule has 0 atom stereocenters. The molecule has 1 aliphatic heterocycles. The van der Waals surface area contributed by atoms with Crippen molar-refractivity contribution in [2.75, 3.05) is 31.1 Å². The summed E-state index contributed by atoms with van der Waals surface area (Å²) in [4.78, 5) is 7.21. The summed E-state index contributed by atoms with van der Waals surface area (Å²) in [6.07, 6.45) is 2.82. The summed E-state index contributed by atoms with van der Waals surface area (Å²) in [5, 5.41) is 5.99. The molecule has 0 amide bonds. The molecule has 3 heterocycles. The van der Waals surface area contributed by atoms with E-state index in [0.29, 0.717) is 9.10 Å². The molecule has 1 saturated heterocycles. The van der Waals surface area contributed by atoms with Crippen molar-refractivity contribution in [1.29, 1.82) is 0 Å². The fraction of sp³-hybridized carbons (Fsp3) is 0.227. The van der Waals surface area contributed by atoms with Gasteiger partial charge in [0.2, 0.25) is 9.84 Å². The molecule has 4 aromatic rings. The first-order chi connectivity index (χ1) is 14.1. The minimum Gasteiger partial charge on any atom is -0.355 e. The second-order valence-corrected chi connectivity index (χ2v) is 10.4. The van der Waals surface area contributed by atoms with Crippen molar-refractivity contribution in [3.05, 3.63) is 60.8 Å². The molecule has 29 heavy (non-hydrogen) atoms. The highest BCUT2D eigenvalue weighted by atomic mass is 32.2. The molecule has 0 saturated carbocycles. The monoisotopic (exact) mass is 423 g/mol. The zero-order chi connectivity index (χ0) is 19.8. The SMILES string of the molecule is O=S(=O)(c1cc2c(N3CCCNCC3)nccc2s1)c1cccc2ccccc12. The van der Waals surface area contributed by atoms with Gasteiger partial charge in [-0.3, -0.25) is 0 Å². The Bertz CT molecular complexity index is 1280. The van der Waals surface area contributed by atoms with E-state index in [1.54, 1.807) is 24.4 Å². The molecule has 0 aliphatic carbocycles. The molecular weight excluding hydrogens is 402 g/mol. The Morgan fingerprint density at radius 2 is 1.83 bits per heavy atom. The quantitative estimate of drug-likeness (QED) is 0.538. The van der Waals surface area contributed by atoms with Crippen molar-refractivity contribution in [3.8, 4) is 0 Å². The van der Waals surface area contributed by atoms with Gasteiger partial charge >= 0.3 is 0 Å². The van der Waals surface area contributed by atoms with Crippen molar-refractivity contribution in [1.82, 2.24) is 10.3 Å². The van der Waals surface area contributed by atoms with Crippen molar-refractivity contribution in [2.45, 2.75) is 15.5 Å². The number of rotatable bonds is 3. The molecule has 1 fully saturated rings. The number of hydrogen-bond acceptors (Lipinski definition) is 6. The van der Waals surface area contributed by atoms with Crippen molar-refractivity contribution in [2.24, 2.45) is 0 Å². The van der Waals surface area contributed by atoms with Crippen molar-refractivity contribution >= 4 is 47.9 Å². The average molecular weight is 424 g/mol. The van der Waals surface area contributed by atoms with Crippen LogP contribution in [0.4, 0.5) is 5.82 Å². The van der Waals surface area contributed by atoms with Gasteiger partial charge in [-0.1, -0.05) is 36.4 Å². The summed E-state index contributed by atoms with van der Waals surface area (Å²) >= 11 is 1.32. The number of nitrogens with one attached hydrogen (secondary N) is 1. The number of pyridine rings is 1. The fourth-order valence-electron chi connectivity index (χ4n) is 3.91. The van der Waals surface area contributed by atoms with E-state index in [-0.39, 0.29) is 0 Å². The third-order valence-corrected chi connectivity index (χ3v) is 8.73. The summed E-state index contributed by atoms with van der Waals surface area (Å²) in [7, 11) is -3.62. The number of hydrogen-bond donors (Lipinski definition) is 1. The molecule has 0 bridgehead atoms. The van der Waals surface area contributed by atoms with E-state index < -0.39 is 9.84 Å². The lowest BCUT2D eigenvalue weighted by molar-refractivity contribution is 0.599. The highest BCUT2D eigenvalue weighted by Crippen LogP contribution is 2.38. The smallest absolute Gasteiger partial charge is 0.216 e. The van der Waals surface area contributed by atoms with Crippen LogP contribution >= 0.6 is 11.3 Å². The number of thiophene rings is 1. The van der Waals surface area contributed by atoms with Crippen LogP contribution in [0.2, 0.25) is 0 Å². The van der Waals surface area contributed by atoms with E-state index in [4.69, 9.17) is 0 Å². The summed E-state index contributed by atoms with van der Waals surface area (Å²) in [5.41, 5.74) is 0. The van der Waals surface area contributed by atoms with E-state index in [2.05, 4.69) is 15.2 Å². The Hall–Kier alpha value is -2.48. The molecular formula is C22H21N3O2S2. The topological polar surface area (TPSA) is 62.3 Å². The highest BCUT2D eigenvalue weighted by Gasteiger charge is 2.24. The minimum absolute atomic E-state index is 0.357. The van der Waals surface area contributed by atoms with Gasteiger partial charge in [-0.2, -0.15) is 0 Å². The van der Waals surface area contributed by atoms with Crippen LogP contribution in [0.25, 0.3) is 20.9 Å². The summed E-state index contributed by atoms with van der Waals surface area (Å²) in [6.45, 7) is 3.69. The Labute approximate surface area is 173 Å². The van der Waals surface area contributed by atoms with Gasteiger partial charge in [-0.05, 0) is 36.6 Å². The normalized spacial score (nSPS) is 15.7. The Morgan fingerprint density at radius 1 is 0.966 bits per heavy atom. The molecule has 0 spiro atoms. The highest BCUT2D eigenvalue weighted by molar-refractivity contribution is 7.93. The van der Waals surface area contributed by atoms with Crippen LogP contribution in [-0.4, -0.2) is 39.6 Å². The molecule has 148 valence electrons. The number of fused-ring (bicyclic) bond motifs is 2. The van der Waals surface area contributed by atoms with Crippen LogP contribution in [0, 0.1) is 0 Å². The maximum atomic E-state index is 13.5. The molecule has 2 aromatic heterocycles. The van der Waals surface area contributed by atoms with Gasteiger partial charge in [0, 0.05) is 41.3 Å². The van der Waals surface area contributed by atoms with Gasteiger partial charge in [-0.25, -0.2) is 13.4 Å². The Balaban J connectivity index is 1.64. The van der Waals surface area contributed by atoms with Crippen LogP contribution < -0.4 is 10.2 Å². The lowest BCUT2D eigenvalue weighted by atomic mass is 10.1. The first kappa shape index (κ1) is 18.5.